The van der Waals surface area contributed by atoms with Gasteiger partial charge in [-0.2, -0.15) is 0 Å². The second kappa shape index (κ2) is 5.16. The number of halogens is 1. The van der Waals surface area contributed by atoms with E-state index < -0.39 is 0 Å². The lowest BCUT2D eigenvalue weighted by molar-refractivity contribution is 0.288. The van der Waals surface area contributed by atoms with E-state index in [1.165, 1.54) is 42.1 Å². The molecule has 0 radical (unpaired) electrons. The van der Waals surface area contributed by atoms with E-state index in [-0.39, 0.29) is 0 Å². The quantitative estimate of drug-likeness (QED) is 0.720. The van der Waals surface area contributed by atoms with Gasteiger partial charge in [-0.3, -0.25) is 0 Å². The van der Waals surface area contributed by atoms with Crippen LogP contribution < -0.4 is 0 Å². The number of benzene rings is 1. The molecule has 0 spiro atoms. The Morgan fingerprint density at radius 2 is 1.80 bits per heavy atom. The Balaban J connectivity index is 1.95. The fraction of sp³-hybridized carbons (Fsp3) is 0.571. The van der Waals surface area contributed by atoms with Gasteiger partial charge in [0.25, 0.3) is 0 Å². The van der Waals surface area contributed by atoms with Crippen molar-refractivity contribution in [1.29, 1.82) is 0 Å². The molecule has 1 aliphatic carbocycles. The lowest BCUT2D eigenvalue weighted by Gasteiger charge is -2.26. The van der Waals surface area contributed by atoms with Gasteiger partial charge in [-0.15, -0.1) is 0 Å². The minimum Gasteiger partial charge on any atom is -0.0625 e. The Kier molecular flexibility index (Phi) is 3.85. The Morgan fingerprint density at radius 3 is 2.47 bits per heavy atom. The zero-order valence-electron chi connectivity index (χ0n) is 9.38. The minimum atomic E-state index is 0.917. The van der Waals surface area contributed by atoms with Crippen molar-refractivity contribution < 1.29 is 0 Å². The predicted molar refractivity (Wildman–Crippen MR) is 69.0 cm³/mol. The summed E-state index contributed by atoms with van der Waals surface area (Å²) < 4.78 is 1.28. The van der Waals surface area contributed by atoms with Crippen LogP contribution in [-0.4, -0.2) is 0 Å². The summed E-state index contributed by atoms with van der Waals surface area (Å²) in [4.78, 5) is 0. The highest BCUT2D eigenvalue weighted by molar-refractivity contribution is 9.10. The van der Waals surface area contributed by atoms with Crippen molar-refractivity contribution in [2.24, 2.45) is 11.8 Å². The number of rotatable bonds is 2. The molecule has 0 unspecified atom stereocenters. The third kappa shape index (κ3) is 3.07. The average molecular weight is 267 g/mol. The highest BCUT2D eigenvalue weighted by Crippen LogP contribution is 2.32. The lowest BCUT2D eigenvalue weighted by atomic mass is 9.80. The Labute approximate surface area is 101 Å². The normalized spacial score (nSPS) is 26.5. The van der Waals surface area contributed by atoms with Gasteiger partial charge in [0.1, 0.15) is 0 Å². The minimum absolute atomic E-state index is 0.917. The first kappa shape index (κ1) is 11.2. The number of hydrogen-bond acceptors (Lipinski definition) is 0. The highest BCUT2D eigenvalue weighted by atomic mass is 79.9. The second-order valence-corrected chi connectivity index (χ2v) is 5.78. The molecule has 0 saturated heterocycles. The van der Waals surface area contributed by atoms with E-state index >= 15 is 0 Å². The van der Waals surface area contributed by atoms with Crippen molar-refractivity contribution in [3.63, 3.8) is 0 Å². The summed E-state index contributed by atoms with van der Waals surface area (Å²) in [7, 11) is 0. The summed E-state index contributed by atoms with van der Waals surface area (Å²) in [6.45, 7) is 2.38. The van der Waals surface area contributed by atoms with Crippen molar-refractivity contribution in [2.75, 3.05) is 0 Å². The van der Waals surface area contributed by atoms with E-state index in [1.54, 1.807) is 0 Å². The van der Waals surface area contributed by atoms with Gasteiger partial charge < -0.3 is 0 Å². The monoisotopic (exact) mass is 266 g/mol. The molecule has 0 amide bonds. The van der Waals surface area contributed by atoms with Crippen LogP contribution in [0.3, 0.4) is 0 Å². The third-order valence-corrected chi connectivity index (χ3v) is 4.38. The second-order valence-electron chi connectivity index (χ2n) is 4.92. The van der Waals surface area contributed by atoms with Crippen LogP contribution >= 0.6 is 15.9 Å². The molecule has 82 valence electrons. The van der Waals surface area contributed by atoms with E-state index in [4.69, 9.17) is 0 Å². The fourth-order valence-electron chi connectivity index (χ4n) is 2.51. The first-order chi connectivity index (χ1) is 7.25. The Morgan fingerprint density at radius 1 is 1.13 bits per heavy atom. The molecule has 0 nitrogen and oxygen atoms in total. The number of hydrogen-bond donors (Lipinski definition) is 0. The van der Waals surface area contributed by atoms with Crippen molar-refractivity contribution in [2.45, 2.75) is 39.0 Å². The van der Waals surface area contributed by atoms with Gasteiger partial charge in [0.15, 0.2) is 0 Å². The lowest BCUT2D eigenvalue weighted by Crippen LogP contribution is -2.14. The zero-order valence-corrected chi connectivity index (χ0v) is 11.0. The average Bonchev–Trinajstić information content (AvgIpc) is 2.25. The summed E-state index contributed by atoms with van der Waals surface area (Å²) in [5.41, 5.74) is 1.48. The van der Waals surface area contributed by atoms with E-state index in [0.717, 1.165) is 11.8 Å². The van der Waals surface area contributed by atoms with Crippen LogP contribution in [0.15, 0.2) is 28.7 Å². The maximum absolute atomic E-state index is 3.63. The Bertz CT molecular complexity index is 311. The van der Waals surface area contributed by atoms with Gasteiger partial charge >= 0.3 is 0 Å². The van der Waals surface area contributed by atoms with Crippen LogP contribution in [0.1, 0.15) is 38.2 Å². The molecule has 1 heteroatoms. The van der Waals surface area contributed by atoms with Crippen LogP contribution in [-0.2, 0) is 6.42 Å². The molecule has 0 aliphatic heterocycles. The summed E-state index contributed by atoms with van der Waals surface area (Å²) >= 11 is 3.63. The Hall–Kier alpha value is -0.300. The topological polar surface area (TPSA) is 0 Å². The molecule has 1 aliphatic rings. The molecule has 1 fully saturated rings. The first-order valence-electron chi connectivity index (χ1n) is 5.99. The SMILES string of the molecule is CC1CCC(Cc2ccccc2Br)CC1. The van der Waals surface area contributed by atoms with Crippen molar-refractivity contribution in [3.05, 3.63) is 34.3 Å². The zero-order chi connectivity index (χ0) is 10.7. The van der Waals surface area contributed by atoms with Gasteiger partial charge in [0.05, 0.1) is 0 Å². The standard InChI is InChI=1S/C14H19Br/c1-11-6-8-12(9-7-11)10-13-4-2-3-5-14(13)15/h2-5,11-12H,6-10H2,1H3. The van der Waals surface area contributed by atoms with E-state index in [0.29, 0.717) is 0 Å². The molecule has 1 aromatic carbocycles. The molecular weight excluding hydrogens is 248 g/mol. The molecule has 1 saturated carbocycles. The summed E-state index contributed by atoms with van der Waals surface area (Å²) in [5.74, 6) is 1.88. The molecule has 0 bridgehead atoms. The van der Waals surface area contributed by atoms with E-state index in [9.17, 15) is 0 Å². The smallest absolute Gasteiger partial charge is 0.0207 e. The molecule has 2 rings (SSSR count). The van der Waals surface area contributed by atoms with Crippen LogP contribution in [0, 0.1) is 11.8 Å². The van der Waals surface area contributed by atoms with Gasteiger partial charge in [-0.05, 0) is 42.7 Å². The van der Waals surface area contributed by atoms with E-state index in [2.05, 4.69) is 47.1 Å². The predicted octanol–water partition coefficient (Wildman–Crippen LogP) is 4.82. The van der Waals surface area contributed by atoms with Crippen LogP contribution in [0.25, 0.3) is 0 Å². The van der Waals surface area contributed by atoms with E-state index in [1.807, 2.05) is 0 Å². The summed E-state index contributed by atoms with van der Waals surface area (Å²) in [6.07, 6.45) is 6.95. The fourth-order valence-corrected chi connectivity index (χ4v) is 2.95. The van der Waals surface area contributed by atoms with Gasteiger partial charge in [-0.1, -0.05) is 53.9 Å². The van der Waals surface area contributed by atoms with Crippen molar-refractivity contribution in [3.8, 4) is 0 Å². The van der Waals surface area contributed by atoms with Gasteiger partial charge in [-0.25, -0.2) is 0 Å². The first-order valence-corrected chi connectivity index (χ1v) is 6.78. The third-order valence-electron chi connectivity index (χ3n) is 3.60. The van der Waals surface area contributed by atoms with Crippen molar-refractivity contribution >= 4 is 15.9 Å². The molecule has 15 heavy (non-hydrogen) atoms. The molecule has 0 aromatic heterocycles. The molecular formula is C14H19Br. The molecule has 1 aromatic rings. The highest BCUT2D eigenvalue weighted by Gasteiger charge is 2.18. The summed E-state index contributed by atoms with van der Waals surface area (Å²) in [5, 5.41) is 0. The largest absolute Gasteiger partial charge is 0.0625 e. The van der Waals surface area contributed by atoms with Crippen molar-refractivity contribution in [1.82, 2.24) is 0 Å². The molecule has 0 atom stereocenters. The maximum atomic E-state index is 3.63. The van der Waals surface area contributed by atoms with Gasteiger partial charge in [0.2, 0.25) is 0 Å². The molecule has 0 heterocycles. The van der Waals surface area contributed by atoms with Crippen LogP contribution in [0.2, 0.25) is 0 Å². The maximum Gasteiger partial charge on any atom is 0.0207 e. The van der Waals surface area contributed by atoms with Gasteiger partial charge in [0, 0.05) is 4.47 Å². The summed E-state index contributed by atoms with van der Waals surface area (Å²) in [6, 6.07) is 8.64. The van der Waals surface area contributed by atoms with Crippen LogP contribution in [0.5, 0.6) is 0 Å². The van der Waals surface area contributed by atoms with Crippen LogP contribution in [0.4, 0.5) is 0 Å². The molecule has 0 N–H and O–H groups in total.